The Hall–Kier alpha value is -4.83. The molecule has 6 aromatic rings. The molecule has 2 heterocycles. The van der Waals surface area contributed by atoms with E-state index in [9.17, 15) is 0 Å². The van der Waals surface area contributed by atoms with Crippen LogP contribution < -0.4 is 10.3 Å². The van der Waals surface area contributed by atoms with Gasteiger partial charge in [0, 0.05) is 22.4 Å². The number of rotatable bonds is 1. The number of benzene rings is 5. The highest BCUT2D eigenvalue weighted by atomic mass is 15.2. The van der Waals surface area contributed by atoms with E-state index in [1.54, 1.807) is 0 Å². The van der Waals surface area contributed by atoms with Crippen LogP contribution in [0.3, 0.4) is 0 Å². The zero-order valence-corrected chi connectivity index (χ0v) is 22.9. The molecular formula is C36H28BN3. The Labute approximate surface area is 235 Å². The van der Waals surface area contributed by atoms with Crippen molar-refractivity contribution in [3.8, 4) is 56.2 Å². The maximum absolute atomic E-state index is 5.55. The largest absolute Gasteiger partial charge is 0.417 e. The van der Waals surface area contributed by atoms with E-state index in [2.05, 4.69) is 145 Å². The summed E-state index contributed by atoms with van der Waals surface area (Å²) in [5.74, 6) is 1.02. The van der Waals surface area contributed by atoms with Crippen molar-refractivity contribution in [1.82, 2.24) is 9.46 Å². The van der Waals surface area contributed by atoms with Crippen molar-refractivity contribution < 1.29 is 0 Å². The van der Waals surface area contributed by atoms with Crippen molar-refractivity contribution >= 4 is 18.1 Å². The number of aromatic nitrogens is 2. The van der Waals surface area contributed by atoms with Gasteiger partial charge in [-0.25, -0.2) is 4.98 Å². The number of fused-ring (bicyclic) bond motifs is 12. The molecule has 0 saturated carbocycles. The quantitative estimate of drug-likeness (QED) is 0.209. The van der Waals surface area contributed by atoms with E-state index in [1.165, 1.54) is 61.4 Å². The molecule has 1 aliphatic carbocycles. The van der Waals surface area contributed by atoms with E-state index in [0.29, 0.717) is 0 Å². The van der Waals surface area contributed by atoms with Crippen LogP contribution in [-0.4, -0.2) is 23.5 Å². The molecule has 0 radical (unpaired) electrons. The maximum Gasteiger partial charge on any atom is 0.417 e. The third-order valence-corrected chi connectivity index (χ3v) is 8.72. The van der Waals surface area contributed by atoms with Crippen molar-refractivity contribution in [3.63, 3.8) is 0 Å². The number of para-hydroxylation sites is 1. The van der Waals surface area contributed by atoms with Crippen LogP contribution >= 0.6 is 0 Å². The lowest BCUT2D eigenvalue weighted by Crippen LogP contribution is -2.56. The van der Waals surface area contributed by atoms with Crippen molar-refractivity contribution in [2.45, 2.75) is 13.8 Å². The Morgan fingerprint density at radius 3 is 1.62 bits per heavy atom. The molecular weight excluding hydrogens is 485 g/mol. The number of imidazole rings is 1. The Balaban J connectivity index is 1.58. The fourth-order valence-corrected chi connectivity index (χ4v) is 6.94. The SMILES string of the molecule is Cc1cccc(C)c1B1N(C)c2ccccc2-c2nc3c(n21)-c1ccccc1-c1ccccc1-c1ccccc1-3. The van der Waals surface area contributed by atoms with Gasteiger partial charge in [0.2, 0.25) is 0 Å². The summed E-state index contributed by atoms with van der Waals surface area (Å²) >= 11 is 0. The summed E-state index contributed by atoms with van der Waals surface area (Å²) in [7, 11) is 2.22. The molecule has 0 saturated heterocycles. The van der Waals surface area contributed by atoms with Gasteiger partial charge < -0.3 is 9.29 Å². The van der Waals surface area contributed by atoms with Crippen LogP contribution in [-0.2, 0) is 0 Å². The number of hydrogen-bond acceptors (Lipinski definition) is 2. The topological polar surface area (TPSA) is 21.1 Å². The average molecular weight is 513 g/mol. The third kappa shape index (κ3) is 3.10. The van der Waals surface area contributed by atoms with E-state index in [1.807, 2.05) is 0 Å². The van der Waals surface area contributed by atoms with E-state index in [0.717, 1.165) is 17.1 Å². The number of aryl methyl sites for hydroxylation is 2. The second-order valence-electron chi connectivity index (χ2n) is 10.9. The number of nitrogens with zero attached hydrogens (tertiary/aromatic N) is 3. The van der Waals surface area contributed by atoms with Gasteiger partial charge in [0.05, 0.1) is 11.4 Å². The molecule has 190 valence electrons. The van der Waals surface area contributed by atoms with Crippen LogP contribution in [0.4, 0.5) is 5.69 Å². The molecule has 2 aliphatic rings. The average Bonchev–Trinajstić information content (AvgIpc) is 3.38. The molecule has 0 N–H and O–H groups in total. The molecule has 5 aromatic carbocycles. The van der Waals surface area contributed by atoms with E-state index >= 15 is 0 Å². The Kier molecular flexibility index (Phi) is 4.96. The van der Waals surface area contributed by atoms with Gasteiger partial charge >= 0.3 is 6.98 Å². The Morgan fingerprint density at radius 1 is 0.525 bits per heavy atom. The van der Waals surface area contributed by atoms with E-state index in [4.69, 9.17) is 4.98 Å². The van der Waals surface area contributed by atoms with Gasteiger partial charge in [-0.15, -0.1) is 0 Å². The van der Waals surface area contributed by atoms with Crippen LogP contribution in [0.2, 0.25) is 0 Å². The first-order valence-corrected chi connectivity index (χ1v) is 13.9. The molecule has 0 unspecified atom stereocenters. The lowest BCUT2D eigenvalue weighted by atomic mass is 9.60. The molecule has 0 amide bonds. The zero-order chi connectivity index (χ0) is 27.0. The molecule has 1 aromatic heterocycles. The molecule has 0 atom stereocenters. The molecule has 4 heteroatoms. The summed E-state index contributed by atoms with van der Waals surface area (Å²) in [4.78, 5) is 7.98. The molecule has 0 fully saturated rings. The lowest BCUT2D eigenvalue weighted by Gasteiger charge is -2.37. The third-order valence-electron chi connectivity index (χ3n) is 8.72. The predicted octanol–water partition coefficient (Wildman–Crippen LogP) is 7.84. The summed E-state index contributed by atoms with van der Waals surface area (Å²) in [6, 6.07) is 41.7. The summed E-state index contributed by atoms with van der Waals surface area (Å²) in [5.41, 5.74) is 15.8. The minimum atomic E-state index is -0.0442. The summed E-state index contributed by atoms with van der Waals surface area (Å²) < 4.78 is 2.51. The minimum absolute atomic E-state index is 0.0442. The normalized spacial score (nSPS) is 12.8. The van der Waals surface area contributed by atoms with E-state index < -0.39 is 0 Å². The summed E-state index contributed by atoms with van der Waals surface area (Å²) in [6.07, 6.45) is 0. The highest BCUT2D eigenvalue weighted by Gasteiger charge is 2.41. The van der Waals surface area contributed by atoms with Gasteiger partial charge in [-0.1, -0.05) is 114 Å². The van der Waals surface area contributed by atoms with Crippen molar-refractivity contribution in [2.75, 3.05) is 11.9 Å². The summed E-state index contributed by atoms with van der Waals surface area (Å²) in [6.45, 7) is 4.42. The van der Waals surface area contributed by atoms with Gasteiger partial charge in [-0.05, 0) is 60.7 Å². The molecule has 0 spiro atoms. The smallest absolute Gasteiger partial charge is 0.394 e. The van der Waals surface area contributed by atoms with E-state index in [-0.39, 0.29) is 6.98 Å². The van der Waals surface area contributed by atoms with Crippen LogP contribution in [0.25, 0.3) is 56.2 Å². The first kappa shape index (κ1) is 23.1. The fraction of sp³-hybridized carbons (Fsp3) is 0.0833. The maximum atomic E-state index is 5.55. The van der Waals surface area contributed by atoms with Crippen LogP contribution in [0, 0.1) is 13.8 Å². The summed E-state index contributed by atoms with van der Waals surface area (Å²) in [5, 5.41) is 0. The predicted molar refractivity (Wildman–Crippen MR) is 168 cm³/mol. The molecule has 40 heavy (non-hydrogen) atoms. The highest BCUT2D eigenvalue weighted by molar-refractivity contribution is 6.77. The van der Waals surface area contributed by atoms with Gasteiger partial charge in [-0.3, -0.25) is 0 Å². The van der Waals surface area contributed by atoms with Gasteiger partial charge in [0.1, 0.15) is 5.82 Å². The highest BCUT2D eigenvalue weighted by Crippen LogP contribution is 2.50. The Morgan fingerprint density at radius 2 is 1.00 bits per heavy atom. The molecule has 8 rings (SSSR count). The fourth-order valence-electron chi connectivity index (χ4n) is 6.94. The first-order chi connectivity index (χ1) is 19.6. The lowest BCUT2D eigenvalue weighted by molar-refractivity contribution is 1.09. The standard InChI is InChI=1S/C36H28BN3/c1-23-13-12-14-24(2)33(23)37-39(3)32-22-11-10-21-31(32)36-38-34-29-19-8-6-17-27(29)25-15-4-5-16-26(25)28-18-7-9-20-30(28)35(34)40(36)37/h4-22H,1-3H3. The first-order valence-electron chi connectivity index (χ1n) is 13.9. The molecule has 1 aliphatic heterocycles. The second kappa shape index (κ2) is 8.59. The van der Waals surface area contributed by atoms with Crippen molar-refractivity contribution in [1.29, 1.82) is 0 Å². The van der Waals surface area contributed by atoms with Crippen LogP contribution in [0.15, 0.2) is 115 Å². The Bertz CT molecular complexity index is 1950. The van der Waals surface area contributed by atoms with Gasteiger partial charge in [0.15, 0.2) is 0 Å². The van der Waals surface area contributed by atoms with Crippen LogP contribution in [0.1, 0.15) is 11.1 Å². The number of anilines is 1. The zero-order valence-electron chi connectivity index (χ0n) is 22.9. The monoisotopic (exact) mass is 513 g/mol. The number of hydrogen-bond donors (Lipinski definition) is 0. The minimum Gasteiger partial charge on any atom is -0.394 e. The molecule has 0 bridgehead atoms. The van der Waals surface area contributed by atoms with Gasteiger partial charge in [0.25, 0.3) is 0 Å². The van der Waals surface area contributed by atoms with Crippen LogP contribution in [0.5, 0.6) is 0 Å². The second-order valence-corrected chi connectivity index (χ2v) is 10.9. The van der Waals surface area contributed by atoms with Gasteiger partial charge in [-0.2, -0.15) is 0 Å². The van der Waals surface area contributed by atoms with Crippen molar-refractivity contribution in [2.24, 2.45) is 0 Å². The molecule has 3 nitrogen and oxygen atoms in total. The van der Waals surface area contributed by atoms with Crippen molar-refractivity contribution in [3.05, 3.63) is 126 Å².